The molecule has 35 heavy (non-hydrogen) atoms. The number of likely N-dealkylation sites (tertiary alicyclic amines) is 1. The molecule has 0 bridgehead atoms. The van der Waals surface area contributed by atoms with E-state index in [1.165, 1.54) is 0 Å². The number of nitrogens with one attached hydrogen (secondary N) is 4. The Morgan fingerprint density at radius 2 is 1.71 bits per heavy atom. The summed E-state index contributed by atoms with van der Waals surface area (Å²) >= 11 is 0. The lowest BCUT2D eigenvalue weighted by Gasteiger charge is -2.19. The lowest BCUT2D eigenvalue weighted by atomic mass is 10.1. The molecular formula is C22H35N5O8. The highest BCUT2D eigenvalue weighted by Gasteiger charge is 2.35. The third-order valence-corrected chi connectivity index (χ3v) is 4.94. The maximum atomic E-state index is 12.6. The topological polar surface area (TPSA) is 172 Å². The van der Waals surface area contributed by atoms with Gasteiger partial charge in [-0.3, -0.25) is 24.1 Å². The average Bonchev–Trinajstić information content (AvgIpc) is 3.02. The summed E-state index contributed by atoms with van der Waals surface area (Å²) in [6.45, 7) is 9.18. The minimum Gasteiger partial charge on any atom is -0.450 e. The first-order valence-electron chi connectivity index (χ1n) is 11.6. The normalized spacial score (nSPS) is 15.7. The lowest BCUT2D eigenvalue weighted by Crippen LogP contribution is -2.48. The molecule has 4 N–H and O–H groups in total. The highest BCUT2D eigenvalue weighted by molar-refractivity contribution is 6.03. The molecular weight excluding hydrogens is 462 g/mol. The van der Waals surface area contributed by atoms with Crippen LogP contribution in [0.3, 0.4) is 0 Å². The first-order valence-corrected chi connectivity index (χ1v) is 11.6. The molecule has 1 aliphatic heterocycles. The van der Waals surface area contributed by atoms with Crippen LogP contribution in [0, 0.1) is 5.92 Å². The van der Waals surface area contributed by atoms with Gasteiger partial charge in [-0.2, -0.15) is 0 Å². The Morgan fingerprint density at radius 1 is 1.06 bits per heavy atom. The van der Waals surface area contributed by atoms with Crippen LogP contribution in [-0.2, 0) is 28.7 Å². The number of amides is 6. The van der Waals surface area contributed by atoms with E-state index >= 15 is 0 Å². The molecule has 1 saturated heterocycles. The van der Waals surface area contributed by atoms with Crippen LogP contribution in [0.15, 0.2) is 12.4 Å². The van der Waals surface area contributed by atoms with E-state index in [0.29, 0.717) is 19.4 Å². The highest BCUT2D eigenvalue weighted by Crippen LogP contribution is 2.18. The molecule has 1 fully saturated rings. The number of unbranched alkanes of at least 4 members (excludes halogenated alkanes) is 1. The van der Waals surface area contributed by atoms with Crippen LogP contribution in [0.4, 0.5) is 9.59 Å². The Labute approximate surface area is 204 Å². The van der Waals surface area contributed by atoms with Crippen LogP contribution >= 0.6 is 0 Å². The summed E-state index contributed by atoms with van der Waals surface area (Å²) < 4.78 is 9.58. The molecule has 0 spiro atoms. The van der Waals surface area contributed by atoms with Gasteiger partial charge in [0.1, 0.15) is 11.9 Å². The molecule has 0 radical (unpaired) electrons. The first-order chi connectivity index (χ1) is 16.6. The van der Waals surface area contributed by atoms with Crippen molar-refractivity contribution in [1.82, 2.24) is 26.2 Å². The van der Waals surface area contributed by atoms with E-state index in [9.17, 15) is 28.8 Å². The van der Waals surface area contributed by atoms with Crippen LogP contribution in [-0.4, -0.2) is 73.1 Å². The Bertz CT molecular complexity index is 816. The smallest absolute Gasteiger partial charge is 0.407 e. The molecule has 2 unspecified atom stereocenters. The van der Waals surface area contributed by atoms with Gasteiger partial charge in [0.25, 0.3) is 0 Å². The van der Waals surface area contributed by atoms with Crippen molar-refractivity contribution in [3.63, 3.8) is 0 Å². The van der Waals surface area contributed by atoms with E-state index in [2.05, 4.69) is 27.8 Å². The third-order valence-electron chi connectivity index (χ3n) is 4.94. The van der Waals surface area contributed by atoms with Gasteiger partial charge in [0, 0.05) is 31.8 Å². The minimum absolute atomic E-state index is 0.0675. The van der Waals surface area contributed by atoms with Crippen molar-refractivity contribution in [2.24, 2.45) is 5.92 Å². The van der Waals surface area contributed by atoms with Crippen LogP contribution < -0.4 is 21.3 Å². The van der Waals surface area contributed by atoms with Crippen molar-refractivity contribution < 1.29 is 38.2 Å². The Morgan fingerprint density at radius 3 is 2.31 bits per heavy atom. The molecule has 0 aromatic rings. The fraction of sp³-hybridized carbons (Fsp3) is 0.636. The number of alkyl carbamates (subject to hydrolysis) is 2. The second-order valence-corrected chi connectivity index (χ2v) is 7.82. The van der Waals surface area contributed by atoms with Crippen LogP contribution in [0.5, 0.6) is 0 Å². The van der Waals surface area contributed by atoms with Gasteiger partial charge in [-0.05, 0) is 33.1 Å². The van der Waals surface area contributed by atoms with Crippen LogP contribution in [0.2, 0.25) is 0 Å². The van der Waals surface area contributed by atoms with Crippen molar-refractivity contribution in [3.8, 4) is 0 Å². The predicted octanol–water partition coefficient (Wildman–Crippen LogP) is 0.506. The molecule has 0 saturated carbocycles. The van der Waals surface area contributed by atoms with Crippen molar-refractivity contribution >= 4 is 35.8 Å². The van der Waals surface area contributed by atoms with Gasteiger partial charge in [-0.15, -0.1) is 0 Å². The summed E-state index contributed by atoms with van der Waals surface area (Å²) in [6.07, 6.45) is -0.113. The summed E-state index contributed by atoms with van der Waals surface area (Å²) in [6, 6.07) is -0.980. The number of imide groups is 1. The van der Waals surface area contributed by atoms with Gasteiger partial charge in [0.2, 0.25) is 23.6 Å². The van der Waals surface area contributed by atoms with Crippen molar-refractivity contribution in [1.29, 1.82) is 0 Å². The Hall–Kier alpha value is -3.64. The number of hydrogen-bond acceptors (Lipinski definition) is 8. The molecule has 0 aromatic carbocycles. The number of ether oxygens (including phenoxy) is 2. The minimum atomic E-state index is -0.980. The Balaban J connectivity index is 2.51. The summed E-state index contributed by atoms with van der Waals surface area (Å²) in [5.74, 6) is -2.33. The molecule has 13 nitrogen and oxygen atoms in total. The van der Waals surface area contributed by atoms with Gasteiger partial charge in [0.15, 0.2) is 0 Å². The summed E-state index contributed by atoms with van der Waals surface area (Å²) in [4.78, 5) is 72.7. The number of rotatable bonds is 14. The molecule has 1 aliphatic rings. The Kier molecular flexibility index (Phi) is 12.8. The largest absolute Gasteiger partial charge is 0.450 e. The van der Waals surface area contributed by atoms with E-state index in [-0.39, 0.29) is 56.7 Å². The number of carbonyl (C=O) groups excluding carboxylic acids is 6. The predicted molar refractivity (Wildman–Crippen MR) is 123 cm³/mol. The second-order valence-electron chi connectivity index (χ2n) is 7.82. The van der Waals surface area contributed by atoms with E-state index in [0.717, 1.165) is 4.90 Å². The summed E-state index contributed by atoms with van der Waals surface area (Å²) in [5.41, 5.74) is 0. The standard InChI is InChI=1S/C22H35N5O8/c1-5-34-21(32)23-11-8-7-9-16(26-22(33)35-6-2)19(30)25-15(4)24-17(28)10-12-27-18(29)13-14(3)20(27)31/h14,16H,4-13H2,1-3H3,(H,23,32)(H,24,28)(H,25,30)(H,26,33). The van der Waals surface area contributed by atoms with Gasteiger partial charge in [0.05, 0.1) is 13.2 Å². The van der Waals surface area contributed by atoms with Crippen LogP contribution in [0.25, 0.3) is 0 Å². The lowest BCUT2D eigenvalue weighted by molar-refractivity contribution is -0.139. The molecule has 0 aliphatic carbocycles. The molecule has 196 valence electrons. The van der Waals surface area contributed by atoms with E-state index in [4.69, 9.17) is 9.47 Å². The number of nitrogens with zero attached hydrogens (tertiary/aromatic N) is 1. The maximum Gasteiger partial charge on any atom is 0.407 e. The fourth-order valence-corrected chi connectivity index (χ4v) is 3.22. The van der Waals surface area contributed by atoms with E-state index in [1.54, 1.807) is 20.8 Å². The molecule has 13 heteroatoms. The van der Waals surface area contributed by atoms with E-state index in [1.807, 2.05) is 0 Å². The summed E-state index contributed by atoms with van der Waals surface area (Å²) in [7, 11) is 0. The zero-order chi connectivity index (χ0) is 26.4. The molecule has 1 heterocycles. The monoisotopic (exact) mass is 497 g/mol. The molecule has 0 aromatic heterocycles. The van der Waals surface area contributed by atoms with Crippen molar-refractivity contribution in [2.45, 2.75) is 58.9 Å². The van der Waals surface area contributed by atoms with Crippen molar-refractivity contribution in [2.75, 3.05) is 26.3 Å². The SMILES string of the molecule is C=C(NC(=O)CCN1C(=O)CC(C)C1=O)NC(=O)C(CCCCNC(=O)OCC)NC(=O)OCC. The first kappa shape index (κ1) is 29.4. The summed E-state index contributed by atoms with van der Waals surface area (Å²) in [5, 5.41) is 9.82. The highest BCUT2D eigenvalue weighted by atomic mass is 16.6. The molecule has 6 amide bonds. The fourth-order valence-electron chi connectivity index (χ4n) is 3.22. The number of carbonyl (C=O) groups is 6. The zero-order valence-corrected chi connectivity index (χ0v) is 20.4. The van der Waals surface area contributed by atoms with Gasteiger partial charge >= 0.3 is 12.2 Å². The molecule has 1 rings (SSSR count). The van der Waals surface area contributed by atoms with Crippen molar-refractivity contribution in [3.05, 3.63) is 12.4 Å². The zero-order valence-electron chi connectivity index (χ0n) is 20.4. The van der Waals surface area contributed by atoms with E-state index < -0.39 is 36.0 Å². The van der Waals surface area contributed by atoms with Gasteiger partial charge in [-0.1, -0.05) is 13.5 Å². The number of hydrogen-bond donors (Lipinski definition) is 4. The van der Waals surface area contributed by atoms with Gasteiger partial charge in [-0.25, -0.2) is 9.59 Å². The maximum absolute atomic E-state index is 12.6. The van der Waals surface area contributed by atoms with Crippen LogP contribution in [0.1, 0.15) is 52.9 Å². The quantitative estimate of drug-likeness (QED) is 0.198. The average molecular weight is 498 g/mol. The third kappa shape index (κ3) is 10.9. The second kappa shape index (κ2) is 15.3. The molecule has 2 atom stereocenters. The van der Waals surface area contributed by atoms with Gasteiger partial charge < -0.3 is 30.7 Å².